The van der Waals surface area contributed by atoms with Gasteiger partial charge >= 0.3 is 5.69 Å². The van der Waals surface area contributed by atoms with E-state index in [1.54, 1.807) is 0 Å². The van der Waals surface area contributed by atoms with Gasteiger partial charge in [-0.25, -0.2) is 4.79 Å². The summed E-state index contributed by atoms with van der Waals surface area (Å²) in [7, 11) is 0. The summed E-state index contributed by atoms with van der Waals surface area (Å²) in [5.41, 5.74) is 3.98. The van der Waals surface area contributed by atoms with Gasteiger partial charge < -0.3 is 5.32 Å². The van der Waals surface area contributed by atoms with Crippen molar-refractivity contribution >= 4 is 5.91 Å². The predicted octanol–water partition coefficient (Wildman–Crippen LogP) is 3.84. The van der Waals surface area contributed by atoms with E-state index in [2.05, 4.69) is 11.4 Å². The van der Waals surface area contributed by atoms with Crippen molar-refractivity contribution < 1.29 is 4.79 Å². The maximum absolute atomic E-state index is 12.9. The smallest absolute Gasteiger partial charge is 0.329 e. The van der Waals surface area contributed by atoms with Gasteiger partial charge in [-0.3, -0.25) is 13.9 Å². The molecule has 5 nitrogen and oxygen atoms in total. The van der Waals surface area contributed by atoms with Crippen LogP contribution in [0.2, 0.25) is 0 Å². The Bertz CT molecular complexity index is 1050. The van der Waals surface area contributed by atoms with E-state index in [1.165, 1.54) is 4.57 Å². The summed E-state index contributed by atoms with van der Waals surface area (Å²) in [4.78, 5) is 25.5. The minimum Gasteiger partial charge on any atom is -0.348 e. The van der Waals surface area contributed by atoms with Gasteiger partial charge in [0.05, 0.1) is 11.7 Å². The van der Waals surface area contributed by atoms with Crippen molar-refractivity contribution in [2.45, 2.75) is 45.3 Å². The third-order valence-electron chi connectivity index (χ3n) is 5.20. The Morgan fingerprint density at radius 3 is 2.57 bits per heavy atom. The number of benzene rings is 2. The van der Waals surface area contributed by atoms with Gasteiger partial charge in [-0.1, -0.05) is 60.2 Å². The number of amides is 1. The number of aromatic nitrogens is 2. The number of hydrogen-bond acceptors (Lipinski definition) is 2. The lowest BCUT2D eigenvalue weighted by molar-refractivity contribution is -0.122. The van der Waals surface area contributed by atoms with Crippen LogP contribution in [-0.4, -0.2) is 15.0 Å². The highest BCUT2D eigenvalue weighted by molar-refractivity contribution is 5.76. The number of aryl methyl sites for hydroxylation is 1. The van der Waals surface area contributed by atoms with Gasteiger partial charge in [-0.05, 0) is 37.8 Å². The zero-order chi connectivity index (χ0) is 19.7. The molecule has 144 valence electrons. The number of rotatable bonds is 6. The third-order valence-corrected chi connectivity index (χ3v) is 5.20. The van der Waals surface area contributed by atoms with Crippen LogP contribution in [0.5, 0.6) is 0 Å². The Labute approximate surface area is 164 Å². The molecule has 1 aliphatic rings. The monoisotopic (exact) mass is 375 g/mol. The molecule has 0 radical (unpaired) electrons. The minimum atomic E-state index is -0.163. The van der Waals surface area contributed by atoms with Gasteiger partial charge in [0.25, 0.3) is 0 Å². The first-order valence-electron chi connectivity index (χ1n) is 9.76. The highest BCUT2D eigenvalue weighted by Gasteiger charge is 2.29. The molecule has 1 aliphatic carbocycles. The van der Waals surface area contributed by atoms with E-state index in [4.69, 9.17) is 0 Å². The highest BCUT2D eigenvalue weighted by atomic mass is 16.2. The number of nitrogens with zero attached hydrogens (tertiary/aromatic N) is 2. The van der Waals surface area contributed by atoms with Crippen LogP contribution in [0, 0.1) is 6.92 Å². The second kappa shape index (κ2) is 7.50. The summed E-state index contributed by atoms with van der Waals surface area (Å²) in [5.74, 6) is -0.163. The van der Waals surface area contributed by atoms with Crippen LogP contribution in [0.1, 0.15) is 43.0 Å². The largest absolute Gasteiger partial charge is 0.348 e. The lowest BCUT2D eigenvalue weighted by Gasteiger charge is -2.15. The van der Waals surface area contributed by atoms with E-state index in [-0.39, 0.29) is 30.2 Å². The summed E-state index contributed by atoms with van der Waals surface area (Å²) in [6.45, 7) is 4.01. The fourth-order valence-corrected chi connectivity index (χ4v) is 3.59. The summed E-state index contributed by atoms with van der Waals surface area (Å²) in [6, 6.07) is 18.1. The normalized spacial score (nSPS) is 14.6. The minimum absolute atomic E-state index is 0.0224. The molecule has 28 heavy (non-hydrogen) atoms. The summed E-state index contributed by atoms with van der Waals surface area (Å²) < 4.78 is 3.37. The summed E-state index contributed by atoms with van der Waals surface area (Å²) >= 11 is 0. The van der Waals surface area contributed by atoms with E-state index in [0.717, 1.165) is 35.2 Å². The molecule has 0 aliphatic heterocycles. The van der Waals surface area contributed by atoms with E-state index < -0.39 is 0 Å². The molecule has 1 atom stereocenters. The van der Waals surface area contributed by atoms with Gasteiger partial charge in [-0.15, -0.1) is 0 Å². The van der Waals surface area contributed by atoms with Crippen molar-refractivity contribution in [2.24, 2.45) is 0 Å². The van der Waals surface area contributed by atoms with Crippen LogP contribution in [-0.2, 0) is 11.3 Å². The van der Waals surface area contributed by atoms with Crippen LogP contribution in [0.25, 0.3) is 11.3 Å². The Morgan fingerprint density at radius 1 is 1.14 bits per heavy atom. The molecular formula is C23H25N3O2. The summed E-state index contributed by atoms with van der Waals surface area (Å²) in [6.07, 6.45) is 3.84. The van der Waals surface area contributed by atoms with Gasteiger partial charge in [0.2, 0.25) is 5.91 Å². The molecule has 0 spiro atoms. The standard InChI is InChI=1S/C23H25N3O2/c1-16-7-6-10-19(13-16)17(2)24-22(27)15-25-14-21(18-8-4-3-5-9-18)26(23(25)28)20-11-12-20/h3-10,13-14,17,20H,11-12,15H2,1-2H3,(H,24,27). The molecule has 1 aromatic heterocycles. The number of hydrogen-bond donors (Lipinski definition) is 1. The van der Waals surface area contributed by atoms with Crippen molar-refractivity contribution in [1.82, 2.24) is 14.5 Å². The van der Waals surface area contributed by atoms with Gasteiger partial charge in [0, 0.05) is 12.2 Å². The maximum atomic E-state index is 12.9. The highest BCUT2D eigenvalue weighted by Crippen LogP contribution is 2.37. The van der Waals surface area contributed by atoms with Crippen molar-refractivity contribution in [1.29, 1.82) is 0 Å². The van der Waals surface area contributed by atoms with Crippen molar-refractivity contribution in [3.63, 3.8) is 0 Å². The fraction of sp³-hybridized carbons (Fsp3) is 0.304. The predicted molar refractivity (Wildman–Crippen MR) is 110 cm³/mol. The molecule has 0 bridgehead atoms. The quantitative estimate of drug-likeness (QED) is 0.712. The molecule has 1 fully saturated rings. The second-order valence-corrected chi connectivity index (χ2v) is 7.60. The van der Waals surface area contributed by atoms with Gasteiger partial charge in [0.1, 0.15) is 6.54 Å². The van der Waals surface area contributed by atoms with Crippen LogP contribution in [0.15, 0.2) is 65.6 Å². The molecule has 3 aromatic rings. The number of carbonyl (C=O) groups is 1. The first-order chi connectivity index (χ1) is 13.5. The Hall–Kier alpha value is -3.08. The number of carbonyl (C=O) groups excluding carboxylic acids is 1. The van der Waals surface area contributed by atoms with Crippen molar-refractivity contribution in [3.8, 4) is 11.3 Å². The molecule has 0 saturated heterocycles. The van der Waals surface area contributed by atoms with E-state index in [9.17, 15) is 9.59 Å². The lowest BCUT2D eigenvalue weighted by atomic mass is 10.1. The SMILES string of the molecule is Cc1cccc(C(C)NC(=O)Cn2cc(-c3ccccc3)n(C3CC3)c2=O)c1. The summed E-state index contributed by atoms with van der Waals surface area (Å²) in [5, 5.41) is 3.00. The van der Waals surface area contributed by atoms with Gasteiger partial charge in [-0.2, -0.15) is 0 Å². The van der Waals surface area contributed by atoms with Crippen LogP contribution in [0.3, 0.4) is 0 Å². The first-order valence-corrected chi connectivity index (χ1v) is 9.76. The number of imidazole rings is 1. The molecule has 1 amide bonds. The fourth-order valence-electron chi connectivity index (χ4n) is 3.59. The zero-order valence-corrected chi connectivity index (χ0v) is 16.3. The Balaban J connectivity index is 1.55. The van der Waals surface area contributed by atoms with Crippen molar-refractivity contribution in [3.05, 3.63) is 82.4 Å². The van der Waals surface area contributed by atoms with Gasteiger partial charge in [0.15, 0.2) is 0 Å². The Morgan fingerprint density at radius 2 is 1.89 bits per heavy atom. The van der Waals surface area contributed by atoms with Crippen molar-refractivity contribution in [2.75, 3.05) is 0 Å². The second-order valence-electron chi connectivity index (χ2n) is 7.60. The third kappa shape index (κ3) is 3.79. The van der Waals surface area contributed by atoms with Crippen LogP contribution >= 0.6 is 0 Å². The molecule has 5 heteroatoms. The van der Waals surface area contributed by atoms with E-state index >= 15 is 0 Å². The topological polar surface area (TPSA) is 56.0 Å². The molecule has 1 N–H and O–H groups in total. The molecule has 2 aromatic carbocycles. The first kappa shape index (κ1) is 18.3. The molecule has 1 saturated carbocycles. The molecule has 1 unspecified atom stereocenters. The van der Waals surface area contributed by atoms with E-state index in [1.807, 2.05) is 73.1 Å². The Kier molecular flexibility index (Phi) is 4.90. The van der Waals surface area contributed by atoms with Crippen LogP contribution < -0.4 is 11.0 Å². The number of nitrogens with one attached hydrogen (secondary N) is 1. The van der Waals surface area contributed by atoms with Crippen LogP contribution in [0.4, 0.5) is 0 Å². The maximum Gasteiger partial charge on any atom is 0.329 e. The van der Waals surface area contributed by atoms with E-state index in [0.29, 0.717) is 0 Å². The zero-order valence-electron chi connectivity index (χ0n) is 16.3. The molecule has 1 heterocycles. The average molecular weight is 375 g/mol. The molecule has 4 rings (SSSR count). The average Bonchev–Trinajstić information content (AvgIpc) is 3.47. The lowest BCUT2D eigenvalue weighted by Crippen LogP contribution is -2.34. The molecular weight excluding hydrogens is 350 g/mol.